The van der Waals surface area contributed by atoms with Gasteiger partial charge < -0.3 is 20.7 Å². The Balaban J connectivity index is 0.00000784. The van der Waals surface area contributed by atoms with E-state index in [4.69, 9.17) is 4.74 Å². The van der Waals surface area contributed by atoms with Crippen LogP contribution in [0.1, 0.15) is 41.0 Å². The molecule has 1 aliphatic heterocycles. The van der Waals surface area contributed by atoms with Crippen LogP contribution in [0.15, 0.2) is 4.99 Å². The Kier molecular flexibility index (Phi) is 11.0. The van der Waals surface area contributed by atoms with Crippen molar-refractivity contribution in [2.75, 3.05) is 39.8 Å². The van der Waals surface area contributed by atoms with Gasteiger partial charge >= 0.3 is 12.3 Å². The number of rotatable bonds is 6. The molecule has 0 aromatic carbocycles. The molecule has 0 aromatic rings. The minimum Gasteiger partial charge on any atom is -0.444 e. The maximum absolute atomic E-state index is 12.5. The van der Waals surface area contributed by atoms with E-state index in [0.29, 0.717) is 38.6 Å². The first-order valence-electron chi connectivity index (χ1n) is 9.44. The van der Waals surface area contributed by atoms with Gasteiger partial charge in [-0.2, -0.15) is 13.2 Å². The number of guanidine groups is 1. The molecule has 1 atom stereocenters. The third-order valence-corrected chi connectivity index (χ3v) is 4.09. The lowest BCUT2D eigenvalue weighted by molar-refractivity contribution is -0.143. The molecule has 1 fully saturated rings. The van der Waals surface area contributed by atoms with E-state index in [2.05, 4.69) is 20.9 Å². The van der Waals surface area contributed by atoms with Gasteiger partial charge in [-0.1, -0.05) is 0 Å². The number of alkyl halides is 3. The van der Waals surface area contributed by atoms with E-state index in [1.165, 1.54) is 4.90 Å². The standard InChI is InChI=1S/C18H34F3N5O2.HI/c1-16(2,3)28-15(27)25-17(4,5)11-24-14(22-6)23-9-13-7-8-26(10-13)12-18(19,20)21;/h13H,7-12H2,1-6H3,(H,25,27)(H2,22,23,24);1H. The number of carbonyl (C=O) groups is 1. The van der Waals surface area contributed by atoms with Crippen molar-refractivity contribution in [1.82, 2.24) is 20.9 Å². The Labute approximate surface area is 188 Å². The summed E-state index contributed by atoms with van der Waals surface area (Å²) in [4.78, 5) is 17.5. The van der Waals surface area contributed by atoms with Gasteiger partial charge in [-0.25, -0.2) is 4.79 Å². The fourth-order valence-electron chi connectivity index (χ4n) is 2.87. The minimum absolute atomic E-state index is 0. The van der Waals surface area contributed by atoms with E-state index in [9.17, 15) is 18.0 Å². The van der Waals surface area contributed by atoms with Crippen molar-refractivity contribution in [2.45, 2.75) is 58.4 Å². The van der Waals surface area contributed by atoms with Crippen molar-refractivity contribution in [3.05, 3.63) is 0 Å². The summed E-state index contributed by atoms with van der Waals surface area (Å²) in [5, 5.41) is 9.07. The van der Waals surface area contributed by atoms with Crippen molar-refractivity contribution in [2.24, 2.45) is 10.9 Å². The maximum Gasteiger partial charge on any atom is 0.408 e. The number of aliphatic imine (C=N–C) groups is 1. The van der Waals surface area contributed by atoms with Gasteiger partial charge in [0.25, 0.3) is 0 Å². The highest BCUT2D eigenvalue weighted by Crippen LogP contribution is 2.22. The number of alkyl carbamates (subject to hydrolysis) is 1. The van der Waals surface area contributed by atoms with Gasteiger partial charge in [-0.15, -0.1) is 24.0 Å². The first-order valence-corrected chi connectivity index (χ1v) is 9.44. The van der Waals surface area contributed by atoms with E-state index in [1.807, 2.05) is 13.8 Å². The van der Waals surface area contributed by atoms with Crippen LogP contribution >= 0.6 is 24.0 Å². The highest BCUT2D eigenvalue weighted by molar-refractivity contribution is 14.0. The molecule has 1 amide bonds. The fourth-order valence-corrected chi connectivity index (χ4v) is 2.87. The second-order valence-corrected chi connectivity index (χ2v) is 8.82. The van der Waals surface area contributed by atoms with E-state index in [-0.39, 0.29) is 29.9 Å². The van der Waals surface area contributed by atoms with Gasteiger partial charge in [0.1, 0.15) is 5.60 Å². The third kappa shape index (κ3) is 13.0. The first-order chi connectivity index (χ1) is 12.7. The van der Waals surface area contributed by atoms with Crippen molar-refractivity contribution in [3.63, 3.8) is 0 Å². The third-order valence-electron chi connectivity index (χ3n) is 4.09. The van der Waals surface area contributed by atoms with Crippen LogP contribution in [0.5, 0.6) is 0 Å². The molecule has 0 radical (unpaired) electrons. The van der Waals surface area contributed by atoms with Crippen LogP contribution in [0.2, 0.25) is 0 Å². The van der Waals surface area contributed by atoms with Crippen LogP contribution in [0.3, 0.4) is 0 Å². The molecule has 0 spiro atoms. The minimum atomic E-state index is -4.16. The van der Waals surface area contributed by atoms with Crippen LogP contribution in [0.4, 0.5) is 18.0 Å². The zero-order chi connectivity index (χ0) is 21.6. The molecule has 0 aliphatic carbocycles. The fraction of sp³-hybridized carbons (Fsp3) is 0.889. The summed E-state index contributed by atoms with van der Waals surface area (Å²) in [5.74, 6) is 0.669. The molecular formula is C18H35F3IN5O2. The van der Waals surface area contributed by atoms with Gasteiger partial charge in [0, 0.05) is 26.7 Å². The number of hydrogen-bond donors (Lipinski definition) is 3. The number of hydrogen-bond acceptors (Lipinski definition) is 4. The van der Waals surface area contributed by atoms with Crippen molar-refractivity contribution in [3.8, 4) is 0 Å². The molecule has 172 valence electrons. The molecule has 1 heterocycles. The van der Waals surface area contributed by atoms with Crippen LogP contribution in [0, 0.1) is 5.92 Å². The van der Waals surface area contributed by atoms with Crippen LogP contribution < -0.4 is 16.0 Å². The molecule has 1 aliphatic rings. The van der Waals surface area contributed by atoms with Crippen molar-refractivity contribution in [1.29, 1.82) is 0 Å². The summed E-state index contributed by atoms with van der Waals surface area (Å²) in [6, 6.07) is 0. The van der Waals surface area contributed by atoms with Crippen LogP contribution in [-0.4, -0.2) is 74.0 Å². The number of nitrogens with zero attached hydrogens (tertiary/aromatic N) is 2. The molecule has 7 nitrogen and oxygen atoms in total. The monoisotopic (exact) mass is 537 g/mol. The summed E-state index contributed by atoms with van der Waals surface area (Å²) < 4.78 is 42.7. The van der Waals surface area contributed by atoms with E-state index >= 15 is 0 Å². The predicted octanol–water partition coefficient (Wildman–Crippen LogP) is 2.96. The van der Waals surface area contributed by atoms with Gasteiger partial charge in [-0.05, 0) is 53.5 Å². The Bertz CT molecular complexity index is 551. The summed E-state index contributed by atoms with van der Waals surface area (Å²) in [6.07, 6.45) is -3.95. The predicted molar refractivity (Wildman–Crippen MR) is 119 cm³/mol. The second-order valence-electron chi connectivity index (χ2n) is 8.82. The normalized spacial score (nSPS) is 18.8. The van der Waals surface area contributed by atoms with Crippen LogP contribution in [-0.2, 0) is 4.74 Å². The molecule has 0 aromatic heterocycles. The smallest absolute Gasteiger partial charge is 0.408 e. The highest BCUT2D eigenvalue weighted by Gasteiger charge is 2.34. The molecule has 11 heteroatoms. The SMILES string of the molecule is CN=C(NCC1CCN(CC(F)(F)F)C1)NCC(C)(C)NC(=O)OC(C)(C)C.I. The Morgan fingerprint density at radius 3 is 2.31 bits per heavy atom. The molecule has 0 saturated carbocycles. The van der Waals surface area contributed by atoms with Gasteiger partial charge in [0.2, 0.25) is 0 Å². The summed E-state index contributed by atoms with van der Waals surface area (Å²) in [6.45, 7) is 10.0. The Morgan fingerprint density at radius 2 is 1.79 bits per heavy atom. The number of ether oxygens (including phenoxy) is 1. The van der Waals surface area contributed by atoms with Crippen molar-refractivity contribution < 1.29 is 22.7 Å². The van der Waals surface area contributed by atoms with E-state index in [0.717, 1.165) is 0 Å². The van der Waals surface area contributed by atoms with Gasteiger partial charge in [0.15, 0.2) is 5.96 Å². The number of nitrogens with one attached hydrogen (secondary N) is 3. The summed E-state index contributed by atoms with van der Waals surface area (Å²) in [7, 11) is 1.62. The number of halogens is 4. The molecule has 29 heavy (non-hydrogen) atoms. The first kappa shape index (κ1) is 28.0. The van der Waals surface area contributed by atoms with E-state index < -0.39 is 30.0 Å². The maximum atomic E-state index is 12.5. The Hall–Kier alpha value is -0.980. The van der Waals surface area contributed by atoms with Gasteiger partial charge in [0.05, 0.1) is 12.1 Å². The second kappa shape index (κ2) is 11.4. The quantitative estimate of drug-likeness (QED) is 0.276. The molecular weight excluding hydrogens is 502 g/mol. The summed E-state index contributed by atoms with van der Waals surface area (Å²) in [5.41, 5.74) is -1.16. The molecule has 0 bridgehead atoms. The molecule has 1 saturated heterocycles. The lowest BCUT2D eigenvalue weighted by Crippen LogP contribution is -2.54. The number of amides is 1. The number of carbonyl (C=O) groups excluding carboxylic acids is 1. The number of likely N-dealkylation sites (tertiary alicyclic amines) is 1. The molecule has 3 N–H and O–H groups in total. The van der Waals surface area contributed by atoms with E-state index in [1.54, 1.807) is 27.8 Å². The average molecular weight is 537 g/mol. The van der Waals surface area contributed by atoms with Gasteiger partial charge in [-0.3, -0.25) is 9.89 Å². The zero-order valence-corrected chi connectivity index (χ0v) is 20.4. The molecule has 1 unspecified atom stereocenters. The average Bonchev–Trinajstić information content (AvgIpc) is 2.90. The lowest BCUT2D eigenvalue weighted by atomic mass is 10.1. The highest BCUT2D eigenvalue weighted by atomic mass is 127. The van der Waals surface area contributed by atoms with Crippen molar-refractivity contribution >= 4 is 36.0 Å². The largest absolute Gasteiger partial charge is 0.444 e. The lowest BCUT2D eigenvalue weighted by Gasteiger charge is -2.29. The zero-order valence-electron chi connectivity index (χ0n) is 18.1. The molecule has 1 rings (SSSR count). The Morgan fingerprint density at radius 1 is 1.17 bits per heavy atom. The summed E-state index contributed by atoms with van der Waals surface area (Å²) >= 11 is 0. The van der Waals surface area contributed by atoms with Crippen LogP contribution in [0.25, 0.3) is 0 Å². The topological polar surface area (TPSA) is 78.0 Å².